The van der Waals surface area contributed by atoms with E-state index in [1.807, 2.05) is 25.1 Å². The highest BCUT2D eigenvalue weighted by molar-refractivity contribution is 5.63. The molecular formula is C21H21N5O5. The van der Waals surface area contributed by atoms with Gasteiger partial charge in [0.2, 0.25) is 5.82 Å². The molecule has 10 nitrogen and oxygen atoms in total. The zero-order valence-corrected chi connectivity index (χ0v) is 17.7. The van der Waals surface area contributed by atoms with Gasteiger partial charge in [0.05, 0.1) is 34.1 Å². The third-order valence-electron chi connectivity index (χ3n) is 4.78. The number of ether oxygens (including phenoxy) is 4. The quantitative estimate of drug-likeness (QED) is 0.442. The average Bonchev–Trinajstić information content (AvgIpc) is 3.44. The van der Waals surface area contributed by atoms with E-state index >= 15 is 0 Å². The highest BCUT2D eigenvalue weighted by Gasteiger charge is 2.21. The first-order chi connectivity index (χ1) is 15.1. The van der Waals surface area contributed by atoms with E-state index in [1.54, 1.807) is 51.3 Å². The Bertz CT molecular complexity index is 1220. The Morgan fingerprint density at radius 1 is 0.839 bits per heavy atom. The summed E-state index contributed by atoms with van der Waals surface area (Å²) in [5.41, 5.74) is 2.56. The third-order valence-corrected chi connectivity index (χ3v) is 4.78. The minimum absolute atomic E-state index is 0.246. The Balaban J connectivity index is 1.71. The van der Waals surface area contributed by atoms with Gasteiger partial charge in [0.1, 0.15) is 17.2 Å². The zero-order chi connectivity index (χ0) is 22.0. The van der Waals surface area contributed by atoms with E-state index in [9.17, 15) is 0 Å². The van der Waals surface area contributed by atoms with E-state index < -0.39 is 0 Å². The second-order valence-corrected chi connectivity index (χ2v) is 6.47. The first kappa shape index (κ1) is 20.2. The number of hydrogen-bond acceptors (Lipinski definition) is 9. The van der Waals surface area contributed by atoms with Crippen molar-refractivity contribution in [2.75, 3.05) is 28.4 Å². The summed E-state index contributed by atoms with van der Waals surface area (Å²) >= 11 is 0. The lowest BCUT2D eigenvalue weighted by atomic mass is 10.2. The lowest BCUT2D eigenvalue weighted by molar-refractivity contribution is 0.355. The molecule has 0 aliphatic rings. The van der Waals surface area contributed by atoms with Gasteiger partial charge >= 0.3 is 0 Å². The van der Waals surface area contributed by atoms with Gasteiger partial charge in [-0.05, 0) is 37.3 Å². The Labute approximate surface area is 178 Å². The number of nitrogens with zero attached hydrogens (tertiary/aromatic N) is 5. The summed E-state index contributed by atoms with van der Waals surface area (Å²) in [7, 11) is 6.33. The van der Waals surface area contributed by atoms with Crippen LogP contribution in [-0.4, -0.2) is 53.6 Å². The molecule has 31 heavy (non-hydrogen) atoms. The molecule has 160 valence electrons. The molecular weight excluding hydrogens is 402 g/mol. The highest BCUT2D eigenvalue weighted by Crippen LogP contribution is 2.33. The molecule has 0 amide bonds. The smallest absolute Gasteiger partial charge is 0.280 e. The highest BCUT2D eigenvalue weighted by atomic mass is 16.5. The molecule has 0 N–H and O–H groups in total. The van der Waals surface area contributed by atoms with Crippen LogP contribution in [0.5, 0.6) is 23.0 Å². The summed E-state index contributed by atoms with van der Waals surface area (Å²) in [4.78, 5) is 4.48. The SMILES string of the molecule is COc1ccc(OC)c(-n2nnc(-c3nc(-c4ccc(OC)c(OC)c4)no3)c2C)c1. The van der Waals surface area contributed by atoms with Gasteiger partial charge in [0.25, 0.3) is 5.89 Å². The van der Waals surface area contributed by atoms with Crippen molar-refractivity contribution in [1.82, 2.24) is 25.1 Å². The Kier molecular flexibility index (Phi) is 5.44. The molecule has 0 saturated heterocycles. The molecule has 0 aliphatic carbocycles. The zero-order valence-electron chi connectivity index (χ0n) is 17.7. The second-order valence-electron chi connectivity index (χ2n) is 6.47. The van der Waals surface area contributed by atoms with Crippen LogP contribution < -0.4 is 18.9 Å². The second kappa shape index (κ2) is 8.34. The molecule has 0 radical (unpaired) electrons. The van der Waals surface area contributed by atoms with E-state index in [1.165, 1.54) is 0 Å². The van der Waals surface area contributed by atoms with Gasteiger partial charge in [-0.25, -0.2) is 4.68 Å². The van der Waals surface area contributed by atoms with Gasteiger partial charge < -0.3 is 23.5 Å². The Morgan fingerprint density at radius 3 is 2.29 bits per heavy atom. The van der Waals surface area contributed by atoms with E-state index in [0.29, 0.717) is 51.5 Å². The lowest BCUT2D eigenvalue weighted by Gasteiger charge is -2.11. The maximum Gasteiger partial charge on any atom is 0.280 e. The van der Waals surface area contributed by atoms with Crippen molar-refractivity contribution in [3.63, 3.8) is 0 Å². The van der Waals surface area contributed by atoms with Crippen LogP contribution in [0.15, 0.2) is 40.9 Å². The van der Waals surface area contributed by atoms with Crippen molar-refractivity contribution in [3.05, 3.63) is 42.1 Å². The van der Waals surface area contributed by atoms with E-state index in [2.05, 4.69) is 20.5 Å². The third kappa shape index (κ3) is 3.63. The minimum atomic E-state index is 0.246. The normalized spacial score (nSPS) is 10.7. The largest absolute Gasteiger partial charge is 0.497 e. The number of benzene rings is 2. The van der Waals surface area contributed by atoms with Crippen molar-refractivity contribution in [3.8, 4) is 51.7 Å². The van der Waals surface area contributed by atoms with Crippen LogP contribution in [0.4, 0.5) is 0 Å². The summed E-state index contributed by atoms with van der Waals surface area (Å²) in [6.45, 7) is 1.86. The molecule has 0 saturated carbocycles. The molecule has 2 aromatic heterocycles. The summed E-state index contributed by atoms with van der Waals surface area (Å²) in [5, 5.41) is 12.6. The predicted octanol–water partition coefficient (Wildman–Crippen LogP) is 3.33. The van der Waals surface area contributed by atoms with Crippen LogP contribution in [0.1, 0.15) is 5.69 Å². The van der Waals surface area contributed by atoms with Crippen LogP contribution in [0.2, 0.25) is 0 Å². The van der Waals surface area contributed by atoms with Gasteiger partial charge in [0.15, 0.2) is 17.2 Å². The fraction of sp³-hybridized carbons (Fsp3) is 0.238. The molecule has 2 heterocycles. The van der Waals surface area contributed by atoms with Crippen LogP contribution in [0, 0.1) is 6.92 Å². The van der Waals surface area contributed by atoms with Crippen LogP contribution >= 0.6 is 0 Å². The van der Waals surface area contributed by atoms with Crippen molar-refractivity contribution in [2.24, 2.45) is 0 Å². The monoisotopic (exact) mass is 423 g/mol. The Hall–Kier alpha value is -4.08. The van der Waals surface area contributed by atoms with Crippen molar-refractivity contribution < 1.29 is 23.5 Å². The van der Waals surface area contributed by atoms with Crippen molar-refractivity contribution >= 4 is 0 Å². The molecule has 4 rings (SSSR count). The minimum Gasteiger partial charge on any atom is -0.497 e. The van der Waals surface area contributed by atoms with Crippen molar-refractivity contribution in [1.29, 1.82) is 0 Å². The van der Waals surface area contributed by atoms with Gasteiger partial charge in [-0.1, -0.05) is 10.4 Å². The maximum atomic E-state index is 5.46. The topological polar surface area (TPSA) is 107 Å². The molecule has 4 aromatic rings. The molecule has 0 spiro atoms. The number of rotatable bonds is 7. The lowest BCUT2D eigenvalue weighted by Crippen LogP contribution is -2.02. The summed E-state index contributed by atoms with van der Waals surface area (Å²) in [6.07, 6.45) is 0. The van der Waals surface area contributed by atoms with E-state index in [4.69, 9.17) is 23.5 Å². The van der Waals surface area contributed by atoms with Crippen molar-refractivity contribution in [2.45, 2.75) is 6.92 Å². The van der Waals surface area contributed by atoms with Crippen LogP contribution in [0.3, 0.4) is 0 Å². The fourth-order valence-electron chi connectivity index (χ4n) is 3.13. The fourth-order valence-corrected chi connectivity index (χ4v) is 3.13. The van der Waals surface area contributed by atoms with E-state index in [-0.39, 0.29) is 5.89 Å². The number of methoxy groups -OCH3 is 4. The first-order valence-electron chi connectivity index (χ1n) is 9.30. The standard InChI is InChI=1S/C21H21N5O5/c1-12-19(23-25-26(12)15-11-14(27-2)7-9-16(15)28-3)21-22-20(24-31-21)13-6-8-17(29-4)18(10-13)30-5/h6-11H,1-5H3. The van der Waals surface area contributed by atoms with E-state index in [0.717, 1.165) is 0 Å². The molecule has 2 aromatic carbocycles. The molecule has 0 atom stereocenters. The molecule has 0 fully saturated rings. The molecule has 0 unspecified atom stereocenters. The maximum absolute atomic E-state index is 5.46. The Morgan fingerprint density at radius 2 is 1.58 bits per heavy atom. The molecule has 0 aliphatic heterocycles. The van der Waals surface area contributed by atoms with Gasteiger partial charge in [-0.3, -0.25) is 0 Å². The van der Waals surface area contributed by atoms with Gasteiger partial charge in [-0.2, -0.15) is 4.98 Å². The van der Waals surface area contributed by atoms with Gasteiger partial charge in [0, 0.05) is 11.6 Å². The van der Waals surface area contributed by atoms with Crippen LogP contribution in [-0.2, 0) is 0 Å². The average molecular weight is 423 g/mol. The molecule has 0 bridgehead atoms. The van der Waals surface area contributed by atoms with Crippen LogP contribution in [0.25, 0.3) is 28.7 Å². The first-order valence-corrected chi connectivity index (χ1v) is 9.30. The summed E-state index contributed by atoms with van der Waals surface area (Å²) in [6, 6.07) is 10.8. The molecule has 10 heteroatoms. The number of aromatic nitrogens is 5. The number of hydrogen-bond donors (Lipinski definition) is 0. The van der Waals surface area contributed by atoms with Gasteiger partial charge in [-0.15, -0.1) is 5.10 Å². The predicted molar refractivity (Wildman–Crippen MR) is 111 cm³/mol. The summed E-state index contributed by atoms with van der Waals surface area (Å²) < 4.78 is 28.5. The summed E-state index contributed by atoms with van der Waals surface area (Å²) in [5.74, 6) is 3.11.